The second kappa shape index (κ2) is 7.59. The van der Waals surface area contributed by atoms with E-state index in [1.165, 1.54) is 0 Å². The molecular weight excluding hydrogens is 202 g/mol. The summed E-state index contributed by atoms with van der Waals surface area (Å²) < 4.78 is 6.34. The number of ether oxygens (including phenoxy) is 1. The molecule has 0 bridgehead atoms. The van der Waals surface area contributed by atoms with Crippen molar-refractivity contribution in [3.05, 3.63) is 0 Å². The van der Waals surface area contributed by atoms with Gasteiger partial charge in [0.05, 0.1) is 0 Å². The van der Waals surface area contributed by atoms with E-state index in [2.05, 4.69) is 18.7 Å². The van der Waals surface area contributed by atoms with Crippen LogP contribution in [0.15, 0.2) is 0 Å². The predicted molar refractivity (Wildman–Crippen MR) is 64.2 cm³/mol. The largest absolute Gasteiger partial charge is 0.368 e. The Hall–Kier alpha value is 0.200. The van der Waals surface area contributed by atoms with Crippen LogP contribution in [-0.4, -0.2) is 34.4 Å². The van der Waals surface area contributed by atoms with Crippen LogP contribution >= 0.6 is 24.0 Å². The predicted octanol–water partition coefficient (Wildman–Crippen LogP) is 2.73. The van der Waals surface area contributed by atoms with Gasteiger partial charge in [0.15, 0.2) is 0 Å². The maximum Gasteiger partial charge on any atom is 0.138 e. The summed E-state index contributed by atoms with van der Waals surface area (Å²) in [5, 5.41) is 0. The molecule has 0 saturated heterocycles. The van der Waals surface area contributed by atoms with Crippen LogP contribution in [0.3, 0.4) is 0 Å². The maximum absolute atomic E-state index is 5.40. The standard InChI is InChI=1S/C9H19NOS2/c1-5-10(6-2)9(12)13-8(4)11-7-3/h8H,5-7H2,1-4H3. The Labute approximate surface area is 91.0 Å². The molecule has 0 spiro atoms. The zero-order valence-corrected chi connectivity index (χ0v) is 10.5. The van der Waals surface area contributed by atoms with Crippen LogP contribution in [0.2, 0.25) is 0 Å². The van der Waals surface area contributed by atoms with E-state index in [1.807, 2.05) is 13.8 Å². The molecule has 4 heteroatoms. The molecule has 1 unspecified atom stereocenters. The number of hydrogen-bond acceptors (Lipinski definition) is 3. The Morgan fingerprint density at radius 2 is 1.92 bits per heavy atom. The normalized spacial score (nSPS) is 12.6. The minimum Gasteiger partial charge on any atom is -0.368 e. The third kappa shape index (κ3) is 5.49. The summed E-state index contributed by atoms with van der Waals surface area (Å²) in [6.45, 7) is 10.9. The molecule has 0 aliphatic heterocycles. The number of thioether (sulfide) groups is 1. The van der Waals surface area contributed by atoms with Gasteiger partial charge in [-0.05, 0) is 27.7 Å². The minimum atomic E-state index is 0.165. The zero-order valence-electron chi connectivity index (χ0n) is 8.87. The first-order valence-electron chi connectivity index (χ1n) is 4.72. The lowest BCUT2D eigenvalue weighted by Crippen LogP contribution is -2.28. The van der Waals surface area contributed by atoms with Crippen molar-refractivity contribution in [3.63, 3.8) is 0 Å². The molecule has 0 fully saturated rings. The van der Waals surface area contributed by atoms with E-state index in [9.17, 15) is 0 Å². The molecule has 78 valence electrons. The summed E-state index contributed by atoms with van der Waals surface area (Å²) >= 11 is 6.89. The zero-order chi connectivity index (χ0) is 10.3. The molecule has 2 nitrogen and oxygen atoms in total. The molecule has 0 heterocycles. The van der Waals surface area contributed by atoms with Gasteiger partial charge in [0.1, 0.15) is 9.76 Å². The van der Waals surface area contributed by atoms with Crippen molar-refractivity contribution in [1.29, 1.82) is 0 Å². The molecule has 0 rings (SSSR count). The summed E-state index contributed by atoms with van der Waals surface area (Å²) in [5.74, 6) is 0. The molecule has 0 aliphatic carbocycles. The summed E-state index contributed by atoms with van der Waals surface area (Å²) in [5.41, 5.74) is 0.165. The van der Waals surface area contributed by atoms with Gasteiger partial charge in [-0.2, -0.15) is 0 Å². The number of nitrogens with zero attached hydrogens (tertiary/aromatic N) is 1. The Morgan fingerprint density at radius 3 is 2.31 bits per heavy atom. The Bertz CT molecular complexity index is 149. The highest BCUT2D eigenvalue weighted by molar-refractivity contribution is 8.23. The number of rotatable bonds is 5. The van der Waals surface area contributed by atoms with Crippen molar-refractivity contribution in [2.75, 3.05) is 19.7 Å². The lowest BCUT2D eigenvalue weighted by molar-refractivity contribution is 0.138. The first-order chi connectivity index (χ1) is 6.15. The van der Waals surface area contributed by atoms with Crippen molar-refractivity contribution in [2.24, 2.45) is 0 Å². The van der Waals surface area contributed by atoms with E-state index in [4.69, 9.17) is 17.0 Å². The first-order valence-corrected chi connectivity index (χ1v) is 6.01. The third-order valence-electron chi connectivity index (χ3n) is 1.69. The molecule has 13 heavy (non-hydrogen) atoms. The van der Waals surface area contributed by atoms with Gasteiger partial charge in [-0.3, -0.25) is 0 Å². The smallest absolute Gasteiger partial charge is 0.138 e. The summed E-state index contributed by atoms with van der Waals surface area (Å²) in [6.07, 6.45) is 0. The number of thiocarbonyl (C=S) groups is 1. The van der Waals surface area contributed by atoms with Crippen molar-refractivity contribution in [3.8, 4) is 0 Å². The van der Waals surface area contributed by atoms with Crippen LogP contribution in [0.25, 0.3) is 0 Å². The van der Waals surface area contributed by atoms with E-state index in [0.29, 0.717) is 0 Å². The molecule has 0 aromatic heterocycles. The summed E-state index contributed by atoms with van der Waals surface area (Å²) in [6, 6.07) is 0. The van der Waals surface area contributed by atoms with E-state index < -0.39 is 0 Å². The third-order valence-corrected chi connectivity index (χ3v) is 3.16. The second-order valence-corrected chi connectivity index (χ2v) is 4.51. The van der Waals surface area contributed by atoms with E-state index in [1.54, 1.807) is 11.8 Å². The molecule has 1 atom stereocenters. The molecule has 0 N–H and O–H groups in total. The quantitative estimate of drug-likeness (QED) is 0.522. The van der Waals surface area contributed by atoms with Gasteiger partial charge in [-0.1, -0.05) is 24.0 Å². The molecule has 0 aliphatic rings. The summed E-state index contributed by atoms with van der Waals surface area (Å²) in [7, 11) is 0. The first kappa shape index (κ1) is 13.2. The average molecular weight is 221 g/mol. The molecular formula is C9H19NOS2. The Balaban J connectivity index is 3.83. The fourth-order valence-electron chi connectivity index (χ4n) is 0.967. The van der Waals surface area contributed by atoms with Gasteiger partial charge in [0, 0.05) is 19.7 Å². The van der Waals surface area contributed by atoms with E-state index in [-0.39, 0.29) is 5.44 Å². The van der Waals surface area contributed by atoms with Gasteiger partial charge in [-0.15, -0.1) is 0 Å². The lowest BCUT2D eigenvalue weighted by atomic mass is 10.6. The topological polar surface area (TPSA) is 12.5 Å². The highest BCUT2D eigenvalue weighted by atomic mass is 32.2. The molecule has 0 radical (unpaired) electrons. The van der Waals surface area contributed by atoms with Crippen LogP contribution < -0.4 is 0 Å². The van der Waals surface area contributed by atoms with Crippen LogP contribution in [0.4, 0.5) is 0 Å². The highest BCUT2D eigenvalue weighted by Gasteiger charge is 2.10. The van der Waals surface area contributed by atoms with Crippen molar-refractivity contribution >= 4 is 28.3 Å². The van der Waals surface area contributed by atoms with Crippen molar-refractivity contribution in [1.82, 2.24) is 4.90 Å². The van der Waals surface area contributed by atoms with Crippen molar-refractivity contribution in [2.45, 2.75) is 33.1 Å². The SMILES string of the molecule is CCOC(C)SC(=S)N(CC)CC. The van der Waals surface area contributed by atoms with Gasteiger partial charge in [0.25, 0.3) is 0 Å². The fraction of sp³-hybridized carbons (Fsp3) is 0.889. The van der Waals surface area contributed by atoms with Crippen LogP contribution in [0, 0.1) is 0 Å². The van der Waals surface area contributed by atoms with Crippen molar-refractivity contribution < 1.29 is 4.74 Å². The highest BCUT2D eigenvalue weighted by Crippen LogP contribution is 2.16. The van der Waals surface area contributed by atoms with E-state index >= 15 is 0 Å². The molecule has 0 aromatic rings. The van der Waals surface area contributed by atoms with Crippen LogP contribution in [0.1, 0.15) is 27.7 Å². The number of hydrogen-bond donors (Lipinski definition) is 0. The molecule has 0 aromatic carbocycles. The maximum atomic E-state index is 5.40. The van der Waals surface area contributed by atoms with Crippen LogP contribution in [0.5, 0.6) is 0 Å². The van der Waals surface area contributed by atoms with Gasteiger partial charge in [0.2, 0.25) is 0 Å². The van der Waals surface area contributed by atoms with Gasteiger partial charge < -0.3 is 9.64 Å². The van der Waals surface area contributed by atoms with E-state index in [0.717, 1.165) is 24.0 Å². The Kier molecular flexibility index (Phi) is 7.71. The van der Waals surface area contributed by atoms with Gasteiger partial charge in [-0.25, -0.2) is 0 Å². The second-order valence-electron chi connectivity index (χ2n) is 2.58. The average Bonchev–Trinajstić information content (AvgIpc) is 2.06. The minimum absolute atomic E-state index is 0.165. The van der Waals surface area contributed by atoms with Crippen LogP contribution in [-0.2, 0) is 4.74 Å². The van der Waals surface area contributed by atoms with Gasteiger partial charge >= 0.3 is 0 Å². The lowest BCUT2D eigenvalue weighted by Gasteiger charge is -2.22. The Morgan fingerprint density at radius 1 is 1.38 bits per heavy atom. The molecule has 0 amide bonds. The monoisotopic (exact) mass is 221 g/mol. The summed E-state index contributed by atoms with van der Waals surface area (Å²) in [4.78, 5) is 2.16. The molecule has 0 saturated carbocycles. The fourth-order valence-corrected chi connectivity index (χ4v) is 2.53.